The number of rotatable bonds is 21. The van der Waals surface area contributed by atoms with E-state index >= 15 is 0 Å². The number of methoxy groups -OCH3 is 1. The highest BCUT2D eigenvalue weighted by molar-refractivity contribution is 6.11. The van der Waals surface area contributed by atoms with Crippen LogP contribution in [0.5, 0.6) is 0 Å². The van der Waals surface area contributed by atoms with Crippen LogP contribution in [0.2, 0.25) is 0 Å². The molecule has 5 N–H and O–H groups in total. The summed E-state index contributed by atoms with van der Waals surface area (Å²) in [6.45, 7) is 16.7. The molecular formula is C40H62N6O10. The van der Waals surface area contributed by atoms with E-state index in [1.54, 1.807) is 86.6 Å². The molecule has 16 nitrogen and oxygen atoms in total. The van der Waals surface area contributed by atoms with Crippen LogP contribution in [0.15, 0.2) is 30.3 Å². The van der Waals surface area contributed by atoms with Crippen molar-refractivity contribution >= 4 is 41.7 Å². The first-order chi connectivity index (χ1) is 26.2. The SMILES string of the molecule is CC[C@H](NC(=O)C(CCC#N)(NC(=O)[C@H](CC(C)C)NC(=O)[C@@H](NC(=O)OCc1ccccc1)C(C)C)C(=O)OC(C)(C)C)C(=O)N[C@H](C(=O)OC)[C@@H](C)CC. The largest absolute Gasteiger partial charge is 0.467 e. The topological polar surface area (TPSA) is 231 Å². The van der Waals surface area contributed by atoms with Crippen molar-refractivity contribution in [1.29, 1.82) is 5.26 Å². The maximum Gasteiger partial charge on any atom is 0.408 e. The van der Waals surface area contributed by atoms with Gasteiger partial charge in [0.25, 0.3) is 5.91 Å². The number of carbonyl (C=O) groups is 7. The lowest BCUT2D eigenvalue weighted by molar-refractivity contribution is -0.169. The Morgan fingerprint density at radius 2 is 1.41 bits per heavy atom. The molecule has 0 aliphatic carbocycles. The van der Waals surface area contributed by atoms with Gasteiger partial charge < -0.3 is 40.8 Å². The molecule has 56 heavy (non-hydrogen) atoms. The third kappa shape index (κ3) is 15.5. The highest BCUT2D eigenvalue weighted by atomic mass is 16.6. The molecule has 0 heterocycles. The van der Waals surface area contributed by atoms with Crippen molar-refractivity contribution in [1.82, 2.24) is 26.6 Å². The van der Waals surface area contributed by atoms with E-state index in [0.29, 0.717) is 6.42 Å². The molecule has 0 radical (unpaired) electrons. The van der Waals surface area contributed by atoms with Crippen LogP contribution in [-0.2, 0) is 49.6 Å². The highest BCUT2D eigenvalue weighted by Gasteiger charge is 2.51. The Morgan fingerprint density at radius 1 is 0.786 bits per heavy atom. The molecule has 1 unspecified atom stereocenters. The number of alkyl carbamates (subject to hydrolysis) is 1. The number of hydrogen-bond donors (Lipinski definition) is 5. The number of amides is 5. The highest BCUT2D eigenvalue weighted by Crippen LogP contribution is 2.23. The maximum absolute atomic E-state index is 14.4. The Bertz CT molecular complexity index is 1540. The minimum atomic E-state index is -2.55. The van der Waals surface area contributed by atoms with Crippen LogP contribution in [0.1, 0.15) is 107 Å². The number of carbonyl (C=O) groups excluding carboxylic acids is 7. The monoisotopic (exact) mass is 786 g/mol. The fourth-order valence-corrected chi connectivity index (χ4v) is 5.46. The van der Waals surface area contributed by atoms with E-state index < -0.39 is 95.7 Å². The van der Waals surface area contributed by atoms with Gasteiger partial charge in [-0.05, 0) is 56.9 Å². The molecule has 0 fully saturated rings. The van der Waals surface area contributed by atoms with Crippen LogP contribution >= 0.6 is 0 Å². The zero-order valence-corrected chi connectivity index (χ0v) is 34.7. The summed E-state index contributed by atoms with van der Waals surface area (Å²) in [7, 11) is 1.19. The van der Waals surface area contributed by atoms with Gasteiger partial charge in [0.15, 0.2) is 0 Å². The molecule has 0 aliphatic heterocycles. The van der Waals surface area contributed by atoms with E-state index in [9.17, 15) is 38.8 Å². The lowest BCUT2D eigenvalue weighted by atomic mass is 9.89. The second-order valence-electron chi connectivity index (χ2n) is 15.5. The van der Waals surface area contributed by atoms with E-state index in [0.717, 1.165) is 5.56 Å². The lowest BCUT2D eigenvalue weighted by Gasteiger charge is -2.36. The zero-order chi connectivity index (χ0) is 42.8. The van der Waals surface area contributed by atoms with Crippen LogP contribution in [0.25, 0.3) is 0 Å². The summed E-state index contributed by atoms with van der Waals surface area (Å²) < 4.78 is 15.8. The first-order valence-corrected chi connectivity index (χ1v) is 19.0. The molecule has 0 bridgehead atoms. The minimum Gasteiger partial charge on any atom is -0.467 e. The van der Waals surface area contributed by atoms with Crippen LogP contribution in [0.3, 0.4) is 0 Å². The molecule has 16 heteroatoms. The predicted octanol–water partition coefficient (Wildman–Crippen LogP) is 3.57. The number of nitrogens with one attached hydrogen (secondary N) is 5. The van der Waals surface area contributed by atoms with Gasteiger partial charge in [-0.3, -0.25) is 19.2 Å². The van der Waals surface area contributed by atoms with Crippen molar-refractivity contribution in [2.24, 2.45) is 17.8 Å². The predicted molar refractivity (Wildman–Crippen MR) is 207 cm³/mol. The molecular weight excluding hydrogens is 724 g/mol. The third-order valence-corrected chi connectivity index (χ3v) is 8.85. The van der Waals surface area contributed by atoms with Crippen LogP contribution in [0.4, 0.5) is 4.79 Å². The standard InChI is InChI=1S/C40H62N6O10/c1-12-26(7)31(35(50)54-11)44-32(47)28(13-2)43-36(51)40(20-17-21-41,37(52)56-39(8,9)10)46-33(48)29(22-24(3)4)42-34(49)30(25(5)6)45-38(53)55-23-27-18-15-14-16-19-27/h14-16,18-19,24-26,28-31H,12-13,17,20,22-23H2,1-11H3,(H,42,49)(H,43,51)(H,44,47)(H,45,53)(H,46,48)/t26-,28-,29-,30-,31-,40?/m0/s1. The fraction of sp³-hybridized carbons (Fsp3) is 0.650. The Kier molecular flexibility index (Phi) is 20.1. The van der Waals surface area contributed by atoms with Gasteiger partial charge in [0, 0.05) is 12.8 Å². The van der Waals surface area contributed by atoms with Crippen LogP contribution in [0, 0.1) is 29.1 Å². The van der Waals surface area contributed by atoms with E-state index in [1.165, 1.54) is 7.11 Å². The second-order valence-corrected chi connectivity index (χ2v) is 15.5. The molecule has 1 aromatic carbocycles. The number of nitriles is 1. The number of hydrogen-bond acceptors (Lipinski definition) is 11. The van der Waals surface area contributed by atoms with Gasteiger partial charge in [-0.2, -0.15) is 5.26 Å². The van der Waals surface area contributed by atoms with Gasteiger partial charge in [-0.15, -0.1) is 0 Å². The van der Waals surface area contributed by atoms with Gasteiger partial charge >= 0.3 is 18.0 Å². The summed E-state index contributed by atoms with van der Waals surface area (Å²) in [5, 5.41) is 22.5. The number of esters is 2. The molecule has 0 saturated heterocycles. The third-order valence-electron chi connectivity index (χ3n) is 8.85. The Balaban J connectivity index is 3.55. The average molecular weight is 787 g/mol. The normalized spacial score (nSPS) is 15.0. The van der Waals surface area contributed by atoms with Crippen molar-refractivity contribution in [2.45, 2.75) is 143 Å². The summed E-state index contributed by atoms with van der Waals surface area (Å²) in [4.78, 5) is 95.2. The number of benzene rings is 1. The van der Waals surface area contributed by atoms with Gasteiger partial charge in [0.1, 0.15) is 36.4 Å². The summed E-state index contributed by atoms with van der Waals surface area (Å²) in [6, 6.07) is 6.01. The molecule has 6 atom stereocenters. The Hall–Kier alpha value is -5.20. The van der Waals surface area contributed by atoms with Crippen LogP contribution < -0.4 is 26.6 Å². The number of nitrogens with zero attached hydrogens (tertiary/aromatic N) is 1. The minimum absolute atomic E-state index is 0.00592. The molecule has 0 aromatic heterocycles. The molecule has 0 spiro atoms. The van der Waals surface area contributed by atoms with Gasteiger partial charge in [-0.1, -0.05) is 85.2 Å². The summed E-state index contributed by atoms with van der Waals surface area (Å²) in [5.41, 5.74) is -2.98. The molecule has 0 saturated carbocycles. The molecule has 0 aliphatic rings. The van der Waals surface area contributed by atoms with E-state index in [-0.39, 0.29) is 31.3 Å². The number of ether oxygens (including phenoxy) is 3. The quantitative estimate of drug-likeness (QED) is 0.0687. The smallest absolute Gasteiger partial charge is 0.408 e. The first-order valence-electron chi connectivity index (χ1n) is 19.0. The van der Waals surface area contributed by atoms with E-state index in [4.69, 9.17) is 14.2 Å². The molecule has 1 rings (SSSR count). The van der Waals surface area contributed by atoms with Crippen molar-refractivity contribution < 1.29 is 47.8 Å². The molecule has 1 aromatic rings. The van der Waals surface area contributed by atoms with Crippen molar-refractivity contribution in [2.75, 3.05) is 7.11 Å². The van der Waals surface area contributed by atoms with Gasteiger partial charge in [0.2, 0.25) is 23.3 Å². The molecule has 5 amide bonds. The first kappa shape index (κ1) is 48.8. The molecule has 312 valence electrons. The van der Waals surface area contributed by atoms with E-state index in [1.807, 2.05) is 19.1 Å². The zero-order valence-electron chi connectivity index (χ0n) is 34.7. The van der Waals surface area contributed by atoms with Crippen molar-refractivity contribution in [3.8, 4) is 6.07 Å². The summed E-state index contributed by atoms with van der Waals surface area (Å²) >= 11 is 0. The average Bonchev–Trinajstić information content (AvgIpc) is 3.13. The van der Waals surface area contributed by atoms with Crippen molar-refractivity contribution in [3.05, 3.63) is 35.9 Å². The fourth-order valence-electron chi connectivity index (χ4n) is 5.46. The van der Waals surface area contributed by atoms with E-state index in [2.05, 4.69) is 26.6 Å². The van der Waals surface area contributed by atoms with Gasteiger partial charge in [-0.25, -0.2) is 14.4 Å². The van der Waals surface area contributed by atoms with Crippen molar-refractivity contribution in [3.63, 3.8) is 0 Å². The second kappa shape index (κ2) is 23.0. The van der Waals surface area contributed by atoms with Crippen LogP contribution in [-0.4, -0.2) is 84.1 Å². The van der Waals surface area contributed by atoms with Gasteiger partial charge in [0.05, 0.1) is 13.2 Å². The Morgan fingerprint density at radius 3 is 1.91 bits per heavy atom. The summed E-state index contributed by atoms with van der Waals surface area (Å²) in [5.74, 6) is -6.45. The summed E-state index contributed by atoms with van der Waals surface area (Å²) in [6.07, 6.45) is -1.26. The maximum atomic E-state index is 14.4. The lowest BCUT2D eigenvalue weighted by Crippen LogP contribution is -2.69. The Labute approximate surface area is 330 Å².